The van der Waals surface area contributed by atoms with Gasteiger partial charge in [0.1, 0.15) is 6.04 Å². The molecule has 0 spiro atoms. The van der Waals surface area contributed by atoms with Gasteiger partial charge in [-0.25, -0.2) is 0 Å². The molecule has 0 amide bonds. The average molecular weight is 157 g/mol. The molecule has 0 aromatic heterocycles. The van der Waals surface area contributed by atoms with E-state index in [1.807, 2.05) is 0 Å². The molecule has 10 heavy (non-hydrogen) atoms. The minimum atomic E-state index is -1.17. The zero-order valence-corrected chi connectivity index (χ0v) is 5.28. The molecule has 4 N–H and O–H groups in total. The van der Waals surface area contributed by atoms with Gasteiger partial charge in [0, 0.05) is 6.42 Å². The van der Waals surface area contributed by atoms with Gasteiger partial charge in [-0.05, 0) is 6.42 Å². The van der Waals surface area contributed by atoms with Crippen molar-refractivity contribution in [2.75, 3.05) is 0 Å². The lowest BCUT2D eigenvalue weighted by Gasteiger charge is -2.01. The van der Waals surface area contributed by atoms with Crippen LogP contribution in [0, 0.1) is 0 Å². The van der Waals surface area contributed by atoms with Gasteiger partial charge in [0.15, 0.2) is 0 Å². The summed E-state index contributed by atoms with van der Waals surface area (Å²) in [5.41, 5.74) is 5.00. The van der Waals surface area contributed by atoms with Gasteiger partial charge < -0.3 is 15.9 Å². The molecule has 0 unspecified atom stereocenters. The van der Waals surface area contributed by atoms with Gasteiger partial charge >= 0.3 is 11.9 Å². The van der Waals surface area contributed by atoms with Crippen LogP contribution in [0.2, 0.25) is 0 Å². The van der Waals surface area contributed by atoms with E-state index in [1.54, 1.807) is 0 Å². The van der Waals surface area contributed by atoms with Crippen molar-refractivity contribution in [3.05, 3.63) is 0 Å². The summed E-state index contributed by atoms with van der Waals surface area (Å²) in [6.45, 7) is 0. The Kier molecular flexibility index (Phi) is 3.42. The number of hydrogen-bond donors (Lipinski definition) is 3. The number of aliphatic carboxylic acids is 2. The van der Waals surface area contributed by atoms with Gasteiger partial charge in [-0.15, -0.1) is 0 Å². The zero-order valence-electron chi connectivity index (χ0n) is 5.28. The summed E-state index contributed by atoms with van der Waals surface area (Å²) < 4.78 is 0. The molecule has 0 aromatic carbocycles. The number of nitrogens with two attached hydrogens (primary N) is 1. The van der Waals surface area contributed by atoms with E-state index in [0.29, 0.717) is 0 Å². The number of carboxylic acids is 2. The average Bonchev–Trinajstić information content (AvgIpc) is 1.82. The molecular weight excluding hydrogens is 148 g/mol. The molecule has 0 radical (unpaired) electrons. The second kappa shape index (κ2) is 3.84. The molecule has 5 nitrogen and oxygen atoms in total. The third-order valence-corrected chi connectivity index (χ3v) is 0.986. The van der Waals surface area contributed by atoms with Crippen molar-refractivity contribution in [1.82, 2.24) is 0 Å². The minimum Gasteiger partial charge on any atom is -0.481 e. The highest BCUT2D eigenvalue weighted by molar-refractivity contribution is 5.74. The molecule has 1 atom stereocenters. The van der Waals surface area contributed by atoms with E-state index in [-0.39, 0.29) is 12.8 Å². The SMILES string of the molecule is N[14C@@H]([14CH2][14CH2][14C](=O)O)[14C](=O)O. The van der Waals surface area contributed by atoms with E-state index in [9.17, 15) is 9.59 Å². The van der Waals surface area contributed by atoms with Crippen LogP contribution in [-0.4, -0.2) is 28.2 Å². The van der Waals surface area contributed by atoms with Gasteiger partial charge in [-0.1, -0.05) is 0 Å². The fraction of sp³-hybridized carbons (Fsp3) is 0.600. The molecule has 0 saturated carbocycles. The summed E-state index contributed by atoms with van der Waals surface area (Å²) in [5.74, 6) is -2.20. The highest BCUT2D eigenvalue weighted by atomic mass is 16.7. The molecule has 0 aliphatic heterocycles. The first-order valence-electron chi connectivity index (χ1n) is 2.74. The first-order chi connectivity index (χ1) is 4.54. The fourth-order valence-electron chi connectivity index (χ4n) is 0.402. The molecule has 0 aliphatic carbocycles. The molecule has 58 valence electrons. The largest absolute Gasteiger partial charge is 0.481 e. The first kappa shape index (κ1) is 8.90. The Bertz CT molecular complexity index is 145. The van der Waals surface area contributed by atoms with E-state index in [2.05, 4.69) is 0 Å². The smallest absolute Gasteiger partial charge is 0.320 e. The number of carboxylic acid groups (broad SMARTS) is 2. The van der Waals surface area contributed by atoms with E-state index in [1.165, 1.54) is 0 Å². The van der Waals surface area contributed by atoms with E-state index >= 15 is 0 Å². The molecule has 0 heterocycles. The quantitative estimate of drug-likeness (QED) is 0.499. The molecule has 0 aliphatic rings. The second-order valence-electron chi connectivity index (χ2n) is 1.88. The van der Waals surface area contributed by atoms with Crippen LogP contribution in [-0.2, 0) is 9.59 Å². The van der Waals surface area contributed by atoms with Crippen LogP contribution in [0.1, 0.15) is 12.8 Å². The Balaban J connectivity index is 3.49. The summed E-state index contributed by atoms with van der Waals surface area (Å²) in [5, 5.41) is 16.3. The number of rotatable bonds is 4. The lowest BCUT2D eigenvalue weighted by atomic mass is 12.0. The van der Waals surface area contributed by atoms with Crippen molar-refractivity contribution in [3.63, 3.8) is 0 Å². The van der Waals surface area contributed by atoms with Crippen LogP contribution >= 0.6 is 0 Å². The van der Waals surface area contributed by atoms with Gasteiger partial charge in [0.2, 0.25) is 0 Å². The molecule has 0 aromatic rings. The predicted octanol–water partition coefficient (Wildman–Crippen LogP) is -0.737. The number of hydrogen-bond acceptors (Lipinski definition) is 3. The summed E-state index contributed by atoms with van der Waals surface area (Å²) in [6, 6.07) is -1.06. The van der Waals surface area contributed by atoms with Gasteiger partial charge in [0.25, 0.3) is 0 Å². The minimum absolute atomic E-state index is 0.0231. The van der Waals surface area contributed by atoms with Crippen LogP contribution in [0.4, 0.5) is 0 Å². The van der Waals surface area contributed by atoms with Crippen LogP contribution in [0.5, 0.6) is 0 Å². The predicted molar refractivity (Wildman–Crippen MR) is 32.5 cm³/mol. The molecular formula is C5H9NO4. The van der Waals surface area contributed by atoms with E-state index in [4.69, 9.17) is 15.9 Å². The number of carbonyl (C=O) groups is 2. The maximum atomic E-state index is 9.99. The van der Waals surface area contributed by atoms with Crippen molar-refractivity contribution >= 4 is 11.9 Å². The van der Waals surface area contributed by atoms with Crippen molar-refractivity contribution in [3.8, 4) is 0 Å². The fourth-order valence-corrected chi connectivity index (χ4v) is 0.402. The summed E-state index contributed by atoms with van der Waals surface area (Å²) >= 11 is 0. The molecule has 0 rings (SSSR count). The van der Waals surface area contributed by atoms with Gasteiger partial charge in [-0.3, -0.25) is 9.59 Å². The molecule has 0 bridgehead atoms. The highest BCUT2D eigenvalue weighted by Crippen LogP contribution is 1.93. The van der Waals surface area contributed by atoms with Crippen LogP contribution in [0.25, 0.3) is 0 Å². The van der Waals surface area contributed by atoms with Gasteiger partial charge in [0.05, 0.1) is 0 Å². The zero-order chi connectivity index (χ0) is 8.15. The maximum absolute atomic E-state index is 9.99. The lowest BCUT2D eigenvalue weighted by molar-refractivity contribution is -0.139. The van der Waals surface area contributed by atoms with Crippen molar-refractivity contribution in [2.24, 2.45) is 5.73 Å². The molecule has 0 fully saturated rings. The van der Waals surface area contributed by atoms with Crippen molar-refractivity contribution in [2.45, 2.75) is 18.9 Å². The maximum Gasteiger partial charge on any atom is 0.320 e. The third kappa shape index (κ3) is 3.85. The van der Waals surface area contributed by atoms with E-state index in [0.717, 1.165) is 0 Å². The monoisotopic (exact) mass is 157 g/mol. The van der Waals surface area contributed by atoms with Crippen molar-refractivity contribution in [1.29, 1.82) is 0 Å². The topological polar surface area (TPSA) is 101 Å². The third-order valence-electron chi connectivity index (χ3n) is 0.986. The van der Waals surface area contributed by atoms with Crippen LogP contribution in [0.15, 0.2) is 0 Å². The Morgan fingerprint density at radius 2 is 1.90 bits per heavy atom. The summed E-state index contributed by atoms with van der Waals surface area (Å²) in [7, 11) is 0. The second-order valence-corrected chi connectivity index (χ2v) is 1.88. The molecule has 5 heteroatoms. The molecule has 0 saturated heterocycles. The lowest BCUT2D eigenvalue weighted by Crippen LogP contribution is -2.30. The first-order valence-corrected chi connectivity index (χ1v) is 2.74. The van der Waals surface area contributed by atoms with Crippen LogP contribution < -0.4 is 5.73 Å². The highest BCUT2D eigenvalue weighted by Gasteiger charge is 2.12. The summed E-state index contributed by atoms with van der Waals surface area (Å²) in [4.78, 5) is 19.9. The van der Waals surface area contributed by atoms with E-state index < -0.39 is 18.0 Å². The van der Waals surface area contributed by atoms with Crippen molar-refractivity contribution < 1.29 is 19.8 Å². The Labute approximate surface area is 57.5 Å². The summed E-state index contributed by atoms with van der Waals surface area (Å²) in [6.07, 6.45) is -0.224. The van der Waals surface area contributed by atoms with Crippen LogP contribution in [0.3, 0.4) is 0 Å². The van der Waals surface area contributed by atoms with Gasteiger partial charge in [-0.2, -0.15) is 0 Å². The Hall–Kier alpha value is -1.10. The Morgan fingerprint density at radius 1 is 1.40 bits per heavy atom. The normalized spacial score (nSPS) is 12.5. The Morgan fingerprint density at radius 3 is 2.20 bits per heavy atom. The standard InChI is InChI=1S/C5H9NO4/c6-3(5(9)10)1-2-4(7)8/h3H,1-2,6H2,(H,7,8)(H,9,10)/t3-/m0/s1/i1+2,2+2,3+2,4+2,5+2.